The second-order valence-corrected chi connectivity index (χ2v) is 6.26. The molecule has 1 aromatic heterocycles. The molecule has 1 fully saturated rings. The van der Waals surface area contributed by atoms with Crippen LogP contribution < -0.4 is 10.9 Å². The summed E-state index contributed by atoms with van der Waals surface area (Å²) in [7, 11) is 0. The van der Waals surface area contributed by atoms with Gasteiger partial charge in [0, 0.05) is 12.6 Å². The first-order valence-electron chi connectivity index (χ1n) is 8.46. The quantitative estimate of drug-likeness (QED) is 0.941. The first kappa shape index (κ1) is 15.2. The Kier molecular flexibility index (Phi) is 4.57. The average Bonchev–Trinajstić information content (AvgIpc) is 2.55. The Morgan fingerprint density at radius 3 is 2.73 bits per heavy atom. The van der Waals surface area contributed by atoms with Gasteiger partial charge in [0.2, 0.25) is 0 Å². The maximum atomic E-state index is 12.7. The van der Waals surface area contributed by atoms with Crippen molar-refractivity contribution in [3.63, 3.8) is 0 Å². The fraction of sp³-hybridized carbons (Fsp3) is 0.556. The first-order chi connectivity index (χ1) is 10.7. The lowest BCUT2D eigenvalue weighted by Crippen LogP contribution is -2.37. The molecule has 0 bridgehead atoms. The van der Waals surface area contributed by atoms with Gasteiger partial charge in [-0.3, -0.25) is 9.36 Å². The van der Waals surface area contributed by atoms with E-state index in [1.807, 2.05) is 35.8 Å². The second-order valence-electron chi connectivity index (χ2n) is 6.26. The van der Waals surface area contributed by atoms with Crippen LogP contribution in [0.5, 0.6) is 0 Å². The summed E-state index contributed by atoms with van der Waals surface area (Å²) in [5, 5.41) is 4.39. The van der Waals surface area contributed by atoms with Gasteiger partial charge in [0.15, 0.2) is 0 Å². The van der Waals surface area contributed by atoms with Gasteiger partial charge < -0.3 is 5.32 Å². The summed E-state index contributed by atoms with van der Waals surface area (Å²) in [6.45, 7) is 4.79. The molecule has 3 rings (SSSR count). The van der Waals surface area contributed by atoms with Gasteiger partial charge in [0.05, 0.1) is 16.9 Å². The van der Waals surface area contributed by atoms with Crippen LogP contribution in [0.15, 0.2) is 29.1 Å². The van der Waals surface area contributed by atoms with Gasteiger partial charge in [-0.05, 0) is 38.8 Å². The molecular weight excluding hydrogens is 274 g/mol. The predicted molar refractivity (Wildman–Crippen MR) is 90.1 cm³/mol. The summed E-state index contributed by atoms with van der Waals surface area (Å²) in [4.78, 5) is 17.4. The van der Waals surface area contributed by atoms with Crippen LogP contribution in [0.3, 0.4) is 0 Å². The molecule has 0 saturated heterocycles. The largest absolute Gasteiger partial charge is 0.305 e. The molecule has 0 radical (unpaired) electrons. The molecule has 1 aromatic carbocycles. The molecule has 0 amide bonds. The minimum Gasteiger partial charge on any atom is -0.305 e. The Hall–Kier alpha value is -1.68. The molecule has 2 aromatic rings. The highest BCUT2D eigenvalue weighted by Crippen LogP contribution is 2.21. The SMILES string of the molecule is CCn1c(C(C)NC2CCCCC2)nc2ccccc2c1=O. The first-order valence-corrected chi connectivity index (χ1v) is 8.46. The van der Waals surface area contributed by atoms with Gasteiger partial charge in [-0.2, -0.15) is 0 Å². The van der Waals surface area contributed by atoms with Crippen molar-refractivity contribution in [3.8, 4) is 0 Å². The number of hydrogen-bond donors (Lipinski definition) is 1. The number of aromatic nitrogens is 2. The van der Waals surface area contributed by atoms with E-state index < -0.39 is 0 Å². The van der Waals surface area contributed by atoms with E-state index >= 15 is 0 Å². The molecule has 1 unspecified atom stereocenters. The van der Waals surface area contributed by atoms with Gasteiger partial charge in [-0.15, -0.1) is 0 Å². The lowest BCUT2D eigenvalue weighted by Gasteiger charge is -2.27. The predicted octanol–water partition coefficient (Wildman–Crippen LogP) is 3.40. The van der Waals surface area contributed by atoms with E-state index in [2.05, 4.69) is 12.2 Å². The molecule has 1 aliphatic rings. The van der Waals surface area contributed by atoms with Crippen LogP contribution >= 0.6 is 0 Å². The highest BCUT2D eigenvalue weighted by atomic mass is 16.1. The van der Waals surface area contributed by atoms with Crippen molar-refractivity contribution in [2.45, 2.75) is 64.6 Å². The number of para-hydroxylation sites is 1. The van der Waals surface area contributed by atoms with Crippen molar-refractivity contribution in [1.29, 1.82) is 0 Å². The summed E-state index contributed by atoms with van der Waals surface area (Å²) >= 11 is 0. The van der Waals surface area contributed by atoms with Crippen molar-refractivity contribution in [3.05, 3.63) is 40.4 Å². The molecule has 1 aliphatic carbocycles. The van der Waals surface area contributed by atoms with Gasteiger partial charge in [-0.1, -0.05) is 31.4 Å². The van der Waals surface area contributed by atoms with Crippen molar-refractivity contribution in [2.24, 2.45) is 0 Å². The maximum Gasteiger partial charge on any atom is 0.261 e. The van der Waals surface area contributed by atoms with E-state index in [0.29, 0.717) is 18.0 Å². The van der Waals surface area contributed by atoms with Crippen LogP contribution in [-0.2, 0) is 6.54 Å². The van der Waals surface area contributed by atoms with Gasteiger partial charge in [0.1, 0.15) is 5.82 Å². The molecular formula is C18H25N3O. The Balaban J connectivity index is 1.96. The third-order valence-electron chi connectivity index (χ3n) is 4.69. The van der Waals surface area contributed by atoms with E-state index in [-0.39, 0.29) is 11.6 Å². The van der Waals surface area contributed by atoms with Crippen LogP contribution in [-0.4, -0.2) is 15.6 Å². The number of rotatable bonds is 4. The molecule has 1 saturated carbocycles. The number of fused-ring (bicyclic) bond motifs is 1. The topological polar surface area (TPSA) is 46.9 Å². The molecule has 1 atom stereocenters. The van der Waals surface area contributed by atoms with Crippen LogP contribution in [0, 0.1) is 0 Å². The number of nitrogens with zero attached hydrogens (tertiary/aromatic N) is 2. The van der Waals surface area contributed by atoms with Crippen molar-refractivity contribution in [1.82, 2.24) is 14.9 Å². The Labute approximate surface area is 131 Å². The van der Waals surface area contributed by atoms with Crippen LogP contribution in [0.1, 0.15) is 57.8 Å². The van der Waals surface area contributed by atoms with Gasteiger partial charge >= 0.3 is 0 Å². The molecule has 0 aliphatic heterocycles. The fourth-order valence-electron chi connectivity index (χ4n) is 3.52. The minimum atomic E-state index is 0.0698. The van der Waals surface area contributed by atoms with Crippen molar-refractivity contribution >= 4 is 10.9 Å². The molecule has 4 heteroatoms. The Bertz CT molecular complexity index is 701. The summed E-state index contributed by atoms with van der Waals surface area (Å²) in [6.07, 6.45) is 6.41. The van der Waals surface area contributed by atoms with Gasteiger partial charge in [-0.25, -0.2) is 4.98 Å². The van der Waals surface area contributed by atoms with Crippen molar-refractivity contribution < 1.29 is 0 Å². The highest BCUT2D eigenvalue weighted by molar-refractivity contribution is 5.77. The third kappa shape index (κ3) is 2.93. The summed E-state index contributed by atoms with van der Waals surface area (Å²) in [5.41, 5.74) is 0.866. The van der Waals surface area contributed by atoms with E-state index in [0.717, 1.165) is 11.3 Å². The highest BCUT2D eigenvalue weighted by Gasteiger charge is 2.20. The standard InChI is InChI=1S/C18H25N3O/c1-3-21-17(13(2)19-14-9-5-4-6-10-14)20-16-12-8-7-11-15(16)18(21)22/h7-8,11-14,19H,3-6,9-10H2,1-2H3. The molecule has 1 N–H and O–H groups in total. The number of hydrogen-bond acceptors (Lipinski definition) is 3. The normalized spacial score (nSPS) is 17.7. The zero-order valence-electron chi connectivity index (χ0n) is 13.5. The fourth-order valence-corrected chi connectivity index (χ4v) is 3.52. The van der Waals surface area contributed by atoms with Crippen LogP contribution in [0.2, 0.25) is 0 Å². The molecule has 118 valence electrons. The second kappa shape index (κ2) is 6.61. The maximum absolute atomic E-state index is 12.7. The average molecular weight is 299 g/mol. The summed E-state index contributed by atoms with van der Waals surface area (Å²) < 4.78 is 1.81. The van der Waals surface area contributed by atoms with Crippen molar-refractivity contribution in [2.75, 3.05) is 0 Å². The molecule has 0 spiro atoms. The molecule has 22 heavy (non-hydrogen) atoms. The Morgan fingerprint density at radius 2 is 2.00 bits per heavy atom. The monoisotopic (exact) mass is 299 g/mol. The lowest BCUT2D eigenvalue weighted by molar-refractivity contribution is 0.336. The number of benzene rings is 1. The van der Waals surface area contributed by atoms with E-state index in [1.54, 1.807) is 0 Å². The van der Waals surface area contributed by atoms with Crippen LogP contribution in [0.4, 0.5) is 0 Å². The zero-order valence-corrected chi connectivity index (χ0v) is 13.5. The molecule has 1 heterocycles. The Morgan fingerprint density at radius 1 is 1.27 bits per heavy atom. The summed E-state index contributed by atoms with van der Waals surface area (Å²) in [5.74, 6) is 0.858. The molecule has 4 nitrogen and oxygen atoms in total. The van der Waals surface area contributed by atoms with E-state index in [4.69, 9.17) is 4.98 Å². The van der Waals surface area contributed by atoms with E-state index in [1.165, 1.54) is 32.1 Å². The third-order valence-corrected chi connectivity index (χ3v) is 4.69. The smallest absolute Gasteiger partial charge is 0.261 e. The zero-order chi connectivity index (χ0) is 15.5. The minimum absolute atomic E-state index is 0.0698. The number of nitrogens with one attached hydrogen (secondary N) is 1. The van der Waals surface area contributed by atoms with Gasteiger partial charge in [0.25, 0.3) is 5.56 Å². The summed E-state index contributed by atoms with van der Waals surface area (Å²) in [6, 6.07) is 8.27. The van der Waals surface area contributed by atoms with Crippen LogP contribution in [0.25, 0.3) is 10.9 Å². The van der Waals surface area contributed by atoms with E-state index in [9.17, 15) is 4.79 Å². The lowest BCUT2D eigenvalue weighted by atomic mass is 9.95.